The molecule has 0 amide bonds. The summed E-state index contributed by atoms with van der Waals surface area (Å²) in [5.41, 5.74) is 1.23. The van der Waals surface area contributed by atoms with Crippen molar-refractivity contribution in [2.45, 2.75) is 13.0 Å². The molecule has 7 heteroatoms. The minimum absolute atomic E-state index is 0.308. The van der Waals surface area contributed by atoms with E-state index in [1.54, 1.807) is 23.0 Å². The van der Waals surface area contributed by atoms with Crippen LogP contribution in [0.25, 0.3) is 4.96 Å². The number of ether oxygens (including phenoxy) is 2. The lowest BCUT2D eigenvalue weighted by Crippen LogP contribution is -2.02. The molecular weight excluding hydrogens is 336 g/mol. The van der Waals surface area contributed by atoms with Gasteiger partial charge in [0.05, 0.1) is 7.11 Å². The minimum Gasteiger partial charge on any atom is -0.497 e. The zero-order chi connectivity index (χ0) is 17.1. The van der Waals surface area contributed by atoms with Gasteiger partial charge in [0.2, 0.25) is 4.96 Å². The molecular formula is C18H16N4O2S. The van der Waals surface area contributed by atoms with Crippen molar-refractivity contribution >= 4 is 16.3 Å². The average Bonchev–Trinajstić information content (AvgIpc) is 3.22. The summed E-state index contributed by atoms with van der Waals surface area (Å²) in [5.74, 6) is 2.22. The third-order valence-electron chi connectivity index (χ3n) is 3.72. The standard InChI is InChI=1S/C18H16N4O2S/c1-23-14-7-9-15(10-8-14)24-12-16-19-20-18-22(16)21-17(25-18)11-13-5-3-2-4-6-13/h2-10H,11-12H2,1H3. The molecule has 25 heavy (non-hydrogen) atoms. The maximum atomic E-state index is 5.77. The van der Waals surface area contributed by atoms with Crippen LogP contribution in [0, 0.1) is 0 Å². The summed E-state index contributed by atoms with van der Waals surface area (Å²) < 4.78 is 12.7. The molecule has 6 nitrogen and oxygen atoms in total. The Morgan fingerprint density at radius 2 is 1.72 bits per heavy atom. The Balaban J connectivity index is 1.48. The fourth-order valence-electron chi connectivity index (χ4n) is 2.45. The van der Waals surface area contributed by atoms with Crippen molar-refractivity contribution in [2.75, 3.05) is 7.11 Å². The van der Waals surface area contributed by atoms with Crippen LogP contribution in [0.1, 0.15) is 16.4 Å². The summed E-state index contributed by atoms with van der Waals surface area (Å²) in [6.45, 7) is 0.308. The van der Waals surface area contributed by atoms with E-state index in [0.29, 0.717) is 12.4 Å². The van der Waals surface area contributed by atoms with Crippen molar-refractivity contribution in [1.82, 2.24) is 19.8 Å². The summed E-state index contributed by atoms with van der Waals surface area (Å²) in [6.07, 6.45) is 0.785. The number of nitrogens with zero attached hydrogens (tertiary/aromatic N) is 4. The third kappa shape index (κ3) is 3.46. The summed E-state index contributed by atoms with van der Waals surface area (Å²) in [7, 11) is 1.64. The van der Waals surface area contributed by atoms with E-state index >= 15 is 0 Å². The zero-order valence-electron chi connectivity index (χ0n) is 13.6. The molecule has 0 N–H and O–H groups in total. The van der Waals surface area contributed by atoms with E-state index in [0.717, 1.165) is 27.9 Å². The van der Waals surface area contributed by atoms with E-state index in [-0.39, 0.29) is 0 Å². The maximum absolute atomic E-state index is 5.77. The highest BCUT2D eigenvalue weighted by atomic mass is 32.1. The molecule has 0 radical (unpaired) electrons. The molecule has 0 aliphatic carbocycles. The molecule has 0 bridgehead atoms. The highest BCUT2D eigenvalue weighted by molar-refractivity contribution is 7.16. The molecule has 0 aliphatic heterocycles. The molecule has 4 aromatic rings. The molecule has 126 valence electrons. The van der Waals surface area contributed by atoms with Gasteiger partial charge in [-0.15, -0.1) is 10.2 Å². The second-order valence-electron chi connectivity index (χ2n) is 5.43. The number of rotatable bonds is 6. The SMILES string of the molecule is COc1ccc(OCc2nnc3sc(Cc4ccccc4)nn23)cc1. The predicted octanol–water partition coefficient (Wildman–Crippen LogP) is 3.36. The van der Waals surface area contributed by atoms with E-state index in [1.165, 1.54) is 5.56 Å². The number of hydrogen-bond donors (Lipinski definition) is 0. The number of fused-ring (bicyclic) bond motifs is 1. The van der Waals surface area contributed by atoms with Gasteiger partial charge in [0.15, 0.2) is 5.82 Å². The van der Waals surface area contributed by atoms with Gasteiger partial charge in [-0.3, -0.25) is 0 Å². The van der Waals surface area contributed by atoms with Gasteiger partial charge in [0.1, 0.15) is 23.1 Å². The van der Waals surface area contributed by atoms with Crippen LogP contribution in [0.3, 0.4) is 0 Å². The lowest BCUT2D eigenvalue weighted by Gasteiger charge is -2.05. The Kier molecular flexibility index (Phi) is 4.30. The first-order chi connectivity index (χ1) is 12.3. The maximum Gasteiger partial charge on any atom is 0.234 e. The number of aromatic nitrogens is 4. The fourth-order valence-corrected chi connectivity index (χ4v) is 3.34. The highest BCUT2D eigenvalue weighted by Crippen LogP contribution is 2.20. The van der Waals surface area contributed by atoms with Gasteiger partial charge in [-0.25, -0.2) is 0 Å². The Morgan fingerprint density at radius 3 is 2.48 bits per heavy atom. The van der Waals surface area contributed by atoms with Crippen LogP contribution in [0.2, 0.25) is 0 Å². The van der Waals surface area contributed by atoms with Crippen molar-refractivity contribution < 1.29 is 9.47 Å². The predicted molar refractivity (Wildman–Crippen MR) is 95.2 cm³/mol. The normalized spacial score (nSPS) is 10.9. The van der Waals surface area contributed by atoms with Gasteiger partial charge >= 0.3 is 0 Å². The quantitative estimate of drug-likeness (QED) is 0.532. The molecule has 4 rings (SSSR count). The van der Waals surface area contributed by atoms with Crippen LogP contribution in [0.15, 0.2) is 54.6 Å². The largest absolute Gasteiger partial charge is 0.497 e. The van der Waals surface area contributed by atoms with Crippen LogP contribution in [-0.4, -0.2) is 26.9 Å². The molecule has 2 aromatic carbocycles. The van der Waals surface area contributed by atoms with Crippen molar-refractivity contribution in [3.05, 3.63) is 71.0 Å². The van der Waals surface area contributed by atoms with Crippen molar-refractivity contribution in [1.29, 1.82) is 0 Å². The smallest absolute Gasteiger partial charge is 0.234 e. The van der Waals surface area contributed by atoms with E-state index in [1.807, 2.05) is 42.5 Å². The summed E-state index contributed by atoms with van der Waals surface area (Å²) in [5, 5.41) is 14.0. The highest BCUT2D eigenvalue weighted by Gasteiger charge is 2.12. The van der Waals surface area contributed by atoms with E-state index in [2.05, 4.69) is 27.4 Å². The van der Waals surface area contributed by atoms with Crippen LogP contribution < -0.4 is 9.47 Å². The lowest BCUT2D eigenvalue weighted by atomic mass is 10.2. The molecule has 0 saturated heterocycles. The van der Waals surface area contributed by atoms with Crippen molar-refractivity contribution in [2.24, 2.45) is 0 Å². The second-order valence-corrected chi connectivity index (χ2v) is 6.47. The summed E-state index contributed by atoms with van der Waals surface area (Å²) >= 11 is 1.55. The van der Waals surface area contributed by atoms with E-state index in [9.17, 15) is 0 Å². The first-order valence-corrected chi connectivity index (χ1v) is 8.64. The van der Waals surface area contributed by atoms with E-state index < -0.39 is 0 Å². The van der Waals surface area contributed by atoms with Gasteiger partial charge < -0.3 is 9.47 Å². The van der Waals surface area contributed by atoms with Crippen LogP contribution in [-0.2, 0) is 13.0 Å². The van der Waals surface area contributed by atoms with Gasteiger partial charge in [0, 0.05) is 6.42 Å². The van der Waals surface area contributed by atoms with Gasteiger partial charge in [-0.05, 0) is 29.8 Å². The molecule has 0 fully saturated rings. The number of hydrogen-bond acceptors (Lipinski definition) is 6. The minimum atomic E-state index is 0.308. The molecule has 0 spiro atoms. The molecule has 0 unspecified atom stereocenters. The fraction of sp³-hybridized carbons (Fsp3) is 0.167. The molecule has 0 saturated carbocycles. The first-order valence-electron chi connectivity index (χ1n) is 7.82. The molecule has 0 atom stereocenters. The molecule has 2 aromatic heterocycles. The monoisotopic (exact) mass is 352 g/mol. The Hall–Kier alpha value is -2.93. The summed E-state index contributed by atoms with van der Waals surface area (Å²) in [4.78, 5) is 0.777. The van der Waals surface area contributed by atoms with Gasteiger partial charge in [0.25, 0.3) is 0 Å². The van der Waals surface area contributed by atoms with Crippen molar-refractivity contribution in [3.63, 3.8) is 0 Å². The second kappa shape index (κ2) is 6.90. The molecule has 0 aliphatic rings. The zero-order valence-corrected chi connectivity index (χ0v) is 14.4. The Morgan fingerprint density at radius 1 is 0.960 bits per heavy atom. The average molecular weight is 352 g/mol. The van der Waals surface area contributed by atoms with Crippen LogP contribution in [0.5, 0.6) is 11.5 Å². The Labute approximate surface area is 148 Å². The van der Waals surface area contributed by atoms with Crippen LogP contribution >= 0.6 is 11.3 Å². The lowest BCUT2D eigenvalue weighted by molar-refractivity contribution is 0.292. The topological polar surface area (TPSA) is 61.5 Å². The van der Waals surface area contributed by atoms with E-state index in [4.69, 9.17) is 9.47 Å². The van der Waals surface area contributed by atoms with Gasteiger partial charge in [-0.1, -0.05) is 41.7 Å². The number of methoxy groups -OCH3 is 1. The van der Waals surface area contributed by atoms with Crippen molar-refractivity contribution in [3.8, 4) is 11.5 Å². The Bertz CT molecular complexity index is 964. The number of benzene rings is 2. The first kappa shape index (κ1) is 15.6. The summed E-state index contributed by atoms with van der Waals surface area (Å²) in [6, 6.07) is 17.7. The third-order valence-corrected chi connectivity index (χ3v) is 4.62. The molecule has 2 heterocycles. The van der Waals surface area contributed by atoms with Crippen LogP contribution in [0.4, 0.5) is 0 Å². The van der Waals surface area contributed by atoms with Gasteiger partial charge in [-0.2, -0.15) is 9.61 Å².